The number of carbonyl (C=O) groups is 1. The first-order valence-electron chi connectivity index (χ1n) is 5.82. The van der Waals surface area contributed by atoms with Gasteiger partial charge in [-0.05, 0) is 23.3 Å². The van der Waals surface area contributed by atoms with Crippen LogP contribution in [0.2, 0.25) is 5.02 Å². The van der Waals surface area contributed by atoms with Gasteiger partial charge in [0.05, 0.1) is 11.4 Å². The van der Waals surface area contributed by atoms with Crippen molar-refractivity contribution in [2.75, 3.05) is 0 Å². The van der Waals surface area contributed by atoms with Gasteiger partial charge in [0.1, 0.15) is 0 Å². The van der Waals surface area contributed by atoms with Crippen molar-refractivity contribution in [3.8, 4) is 0 Å². The van der Waals surface area contributed by atoms with Gasteiger partial charge in [0.15, 0.2) is 0 Å². The second-order valence-electron chi connectivity index (χ2n) is 4.06. The van der Waals surface area contributed by atoms with Crippen LogP contribution in [0.1, 0.15) is 11.1 Å². The second-order valence-corrected chi connectivity index (χ2v) is 5.48. The highest BCUT2D eigenvalue weighted by atomic mass is 35.5. The molecule has 19 heavy (non-hydrogen) atoms. The third-order valence-corrected chi connectivity index (χ3v) is 4.24. The Morgan fingerprint density at radius 3 is 2.37 bits per heavy atom. The summed E-state index contributed by atoms with van der Waals surface area (Å²) in [5, 5.41) is 9.62. The second kappa shape index (κ2) is 6.64. The Morgan fingerprint density at radius 1 is 1.05 bits per heavy atom. The number of rotatable bonds is 5. The highest BCUT2D eigenvalue weighted by Crippen LogP contribution is 2.30. The van der Waals surface area contributed by atoms with Crippen LogP contribution < -0.4 is 0 Å². The smallest absolute Gasteiger partial charge is 0.307 e. The summed E-state index contributed by atoms with van der Waals surface area (Å²) in [7, 11) is 0. The summed E-state index contributed by atoms with van der Waals surface area (Å²) in [5.74, 6) is -0.0945. The van der Waals surface area contributed by atoms with Gasteiger partial charge in [0.2, 0.25) is 0 Å². The van der Waals surface area contributed by atoms with Gasteiger partial charge in [-0.1, -0.05) is 48.0 Å². The largest absolute Gasteiger partial charge is 0.481 e. The topological polar surface area (TPSA) is 37.3 Å². The van der Waals surface area contributed by atoms with Crippen molar-refractivity contribution >= 4 is 29.3 Å². The molecule has 2 rings (SSSR count). The zero-order valence-electron chi connectivity index (χ0n) is 10.2. The van der Waals surface area contributed by atoms with E-state index in [9.17, 15) is 4.79 Å². The van der Waals surface area contributed by atoms with Gasteiger partial charge in [-0.25, -0.2) is 0 Å². The maximum Gasteiger partial charge on any atom is 0.307 e. The summed E-state index contributed by atoms with van der Waals surface area (Å²) in [6.07, 6.45) is 0.0548. The molecule has 0 saturated carbocycles. The van der Waals surface area contributed by atoms with Gasteiger partial charge in [0, 0.05) is 10.6 Å². The van der Waals surface area contributed by atoms with E-state index in [0.717, 1.165) is 21.0 Å². The lowest BCUT2D eigenvalue weighted by molar-refractivity contribution is -0.136. The molecule has 4 heteroatoms. The zero-order valence-corrected chi connectivity index (χ0v) is 11.7. The lowest BCUT2D eigenvalue weighted by Gasteiger charge is -2.08. The monoisotopic (exact) mass is 292 g/mol. The fourth-order valence-electron chi connectivity index (χ4n) is 1.75. The number of carboxylic acids is 1. The molecule has 2 aromatic carbocycles. The Labute approximate surface area is 121 Å². The standard InChI is InChI=1S/C15H13ClO2S/c16-13-7-3-4-8-14(13)19-10-12-6-2-1-5-11(12)9-15(17)18/h1-8H,9-10H2,(H,17,18). The first kappa shape index (κ1) is 14.0. The summed E-state index contributed by atoms with van der Waals surface area (Å²) < 4.78 is 0. The molecule has 0 spiro atoms. The Bertz CT molecular complexity index is 584. The molecule has 0 unspecified atom stereocenters. The minimum Gasteiger partial charge on any atom is -0.481 e. The molecule has 0 aromatic heterocycles. The highest BCUT2D eigenvalue weighted by molar-refractivity contribution is 7.98. The van der Waals surface area contributed by atoms with E-state index < -0.39 is 5.97 Å². The van der Waals surface area contributed by atoms with Crippen molar-refractivity contribution in [3.05, 3.63) is 64.7 Å². The van der Waals surface area contributed by atoms with Gasteiger partial charge in [-0.3, -0.25) is 4.79 Å². The maximum absolute atomic E-state index is 10.8. The van der Waals surface area contributed by atoms with Crippen LogP contribution in [-0.2, 0) is 17.0 Å². The Morgan fingerprint density at radius 2 is 1.68 bits per heavy atom. The number of aliphatic carboxylic acids is 1. The summed E-state index contributed by atoms with van der Waals surface area (Å²) in [6.45, 7) is 0. The van der Waals surface area contributed by atoms with E-state index in [-0.39, 0.29) is 6.42 Å². The van der Waals surface area contributed by atoms with Crippen LogP contribution in [-0.4, -0.2) is 11.1 Å². The Balaban J connectivity index is 2.11. The maximum atomic E-state index is 10.8. The minimum absolute atomic E-state index is 0.0548. The van der Waals surface area contributed by atoms with Crippen LogP contribution in [0, 0.1) is 0 Å². The summed E-state index contributed by atoms with van der Waals surface area (Å²) in [5.41, 5.74) is 1.89. The normalized spacial score (nSPS) is 10.4. The van der Waals surface area contributed by atoms with Crippen molar-refractivity contribution in [3.63, 3.8) is 0 Å². The minimum atomic E-state index is -0.810. The number of hydrogen-bond donors (Lipinski definition) is 1. The molecule has 0 amide bonds. The van der Waals surface area contributed by atoms with Gasteiger partial charge in [-0.2, -0.15) is 0 Å². The van der Waals surface area contributed by atoms with Crippen LogP contribution in [0.15, 0.2) is 53.4 Å². The molecule has 0 aliphatic heterocycles. The fourth-order valence-corrected chi connectivity index (χ4v) is 3.02. The molecule has 0 saturated heterocycles. The molecule has 0 aliphatic carbocycles. The Hall–Kier alpha value is -1.45. The van der Waals surface area contributed by atoms with Gasteiger partial charge < -0.3 is 5.11 Å². The molecule has 0 bridgehead atoms. The number of thioether (sulfide) groups is 1. The molecule has 1 N–H and O–H groups in total. The van der Waals surface area contributed by atoms with Gasteiger partial charge >= 0.3 is 5.97 Å². The third kappa shape index (κ3) is 4.01. The summed E-state index contributed by atoms with van der Waals surface area (Å²) >= 11 is 7.72. The summed E-state index contributed by atoms with van der Waals surface area (Å²) in [6, 6.07) is 15.3. The average Bonchev–Trinajstić information content (AvgIpc) is 2.39. The van der Waals surface area contributed by atoms with E-state index in [1.165, 1.54) is 0 Å². The molecule has 0 fully saturated rings. The number of carboxylic acid groups (broad SMARTS) is 1. The van der Waals surface area contributed by atoms with Crippen molar-refractivity contribution in [1.82, 2.24) is 0 Å². The molecule has 0 heterocycles. The lowest BCUT2D eigenvalue weighted by atomic mass is 10.1. The third-order valence-electron chi connectivity index (χ3n) is 2.68. The van der Waals surface area contributed by atoms with Crippen LogP contribution in [0.4, 0.5) is 0 Å². The molecule has 0 aliphatic rings. The fraction of sp³-hybridized carbons (Fsp3) is 0.133. The van der Waals surface area contributed by atoms with E-state index in [2.05, 4.69) is 0 Å². The number of benzene rings is 2. The van der Waals surface area contributed by atoms with Gasteiger partial charge in [-0.15, -0.1) is 11.8 Å². The van der Waals surface area contributed by atoms with E-state index >= 15 is 0 Å². The highest BCUT2D eigenvalue weighted by Gasteiger charge is 2.07. The first-order chi connectivity index (χ1) is 9.16. The van der Waals surface area contributed by atoms with Crippen molar-refractivity contribution in [2.45, 2.75) is 17.1 Å². The van der Waals surface area contributed by atoms with Gasteiger partial charge in [0.25, 0.3) is 0 Å². The van der Waals surface area contributed by atoms with Crippen molar-refractivity contribution in [1.29, 1.82) is 0 Å². The van der Waals surface area contributed by atoms with Crippen molar-refractivity contribution < 1.29 is 9.90 Å². The summed E-state index contributed by atoms with van der Waals surface area (Å²) in [4.78, 5) is 11.8. The molecule has 2 aromatic rings. The van der Waals surface area contributed by atoms with Crippen LogP contribution >= 0.6 is 23.4 Å². The van der Waals surface area contributed by atoms with E-state index in [4.69, 9.17) is 16.7 Å². The Kier molecular flexibility index (Phi) is 4.88. The molecule has 0 atom stereocenters. The van der Waals surface area contributed by atoms with Crippen LogP contribution in [0.5, 0.6) is 0 Å². The number of hydrogen-bond acceptors (Lipinski definition) is 2. The SMILES string of the molecule is O=C(O)Cc1ccccc1CSc1ccccc1Cl. The average molecular weight is 293 g/mol. The molecule has 2 nitrogen and oxygen atoms in total. The first-order valence-corrected chi connectivity index (χ1v) is 7.19. The number of halogens is 1. The molecule has 0 radical (unpaired) electrons. The quantitative estimate of drug-likeness (QED) is 0.837. The van der Waals surface area contributed by atoms with Crippen molar-refractivity contribution in [2.24, 2.45) is 0 Å². The van der Waals surface area contributed by atoms with E-state index in [1.54, 1.807) is 11.8 Å². The van der Waals surface area contributed by atoms with Crippen LogP contribution in [0.25, 0.3) is 0 Å². The predicted octanol–water partition coefficient (Wildman–Crippen LogP) is 4.26. The molecule has 98 valence electrons. The lowest BCUT2D eigenvalue weighted by Crippen LogP contribution is -2.02. The molecular weight excluding hydrogens is 280 g/mol. The predicted molar refractivity (Wildman–Crippen MR) is 78.8 cm³/mol. The van der Waals surface area contributed by atoms with E-state index in [1.807, 2.05) is 48.5 Å². The zero-order chi connectivity index (χ0) is 13.7. The molecular formula is C15H13ClO2S. The van der Waals surface area contributed by atoms with Crippen LogP contribution in [0.3, 0.4) is 0 Å². The van der Waals surface area contributed by atoms with E-state index in [0.29, 0.717) is 5.75 Å².